The number of anilines is 1. The number of benzene rings is 1. The van der Waals surface area contributed by atoms with Crippen molar-refractivity contribution in [3.8, 4) is 0 Å². The van der Waals surface area contributed by atoms with Gasteiger partial charge in [-0.3, -0.25) is 4.79 Å². The molecule has 1 atom stereocenters. The Hall–Kier alpha value is -1.31. The average molecular weight is 362 g/mol. The van der Waals surface area contributed by atoms with Crippen LogP contribution in [-0.2, 0) is 4.79 Å². The Kier molecular flexibility index (Phi) is 5.90. The molecule has 0 aliphatic heterocycles. The van der Waals surface area contributed by atoms with Crippen LogP contribution in [0.15, 0.2) is 24.3 Å². The Morgan fingerprint density at radius 1 is 1.39 bits per heavy atom. The lowest BCUT2D eigenvalue weighted by molar-refractivity contribution is -0.137. The van der Waals surface area contributed by atoms with Crippen LogP contribution in [0.3, 0.4) is 0 Å². The van der Waals surface area contributed by atoms with Crippen molar-refractivity contribution >= 4 is 40.3 Å². The van der Waals surface area contributed by atoms with Crippen LogP contribution in [0.5, 0.6) is 0 Å². The topological polar surface area (TPSA) is 78.4 Å². The van der Waals surface area contributed by atoms with E-state index >= 15 is 0 Å². The third-order valence-corrected chi connectivity index (χ3v) is 3.20. The summed E-state index contributed by atoms with van der Waals surface area (Å²) in [4.78, 5) is 22.0. The number of rotatable bonds is 5. The van der Waals surface area contributed by atoms with Gasteiger partial charge in [0.25, 0.3) is 0 Å². The van der Waals surface area contributed by atoms with Crippen molar-refractivity contribution in [1.82, 2.24) is 5.32 Å². The highest BCUT2D eigenvalue weighted by Crippen LogP contribution is 2.16. The Labute approximate surface area is 119 Å². The Morgan fingerprint density at radius 2 is 2.06 bits per heavy atom. The number of para-hydroxylation sites is 1. The van der Waals surface area contributed by atoms with Crippen LogP contribution >= 0.6 is 22.6 Å². The summed E-state index contributed by atoms with van der Waals surface area (Å²) in [6, 6.07) is 7.10. The van der Waals surface area contributed by atoms with Crippen LogP contribution in [0, 0.1) is 9.49 Å². The van der Waals surface area contributed by atoms with E-state index in [-0.39, 0.29) is 18.4 Å². The molecule has 98 valence electrons. The summed E-state index contributed by atoms with van der Waals surface area (Å²) in [6.45, 7) is 2.11. The highest BCUT2D eigenvalue weighted by molar-refractivity contribution is 14.1. The van der Waals surface area contributed by atoms with Gasteiger partial charge in [-0.1, -0.05) is 19.1 Å². The number of carbonyl (C=O) groups excluding carboxylic acids is 1. The highest BCUT2D eigenvalue weighted by Gasteiger charge is 2.09. The number of hydrogen-bond acceptors (Lipinski definition) is 2. The molecule has 0 aliphatic rings. The molecule has 0 aliphatic carbocycles. The maximum Gasteiger partial charge on any atom is 0.319 e. The summed E-state index contributed by atoms with van der Waals surface area (Å²) < 4.78 is 0.948. The summed E-state index contributed by atoms with van der Waals surface area (Å²) in [5.41, 5.74) is 0.737. The third-order valence-electron chi connectivity index (χ3n) is 2.26. The van der Waals surface area contributed by atoms with E-state index in [0.29, 0.717) is 6.54 Å². The molecule has 0 heterocycles. The molecule has 1 rings (SSSR count). The van der Waals surface area contributed by atoms with Crippen molar-refractivity contribution in [3.63, 3.8) is 0 Å². The minimum Gasteiger partial charge on any atom is -0.481 e. The SMILES string of the molecule is CC(CNC(=O)Nc1ccccc1I)CC(=O)O. The monoisotopic (exact) mass is 362 g/mol. The molecule has 0 radical (unpaired) electrons. The van der Waals surface area contributed by atoms with Crippen molar-refractivity contribution in [2.24, 2.45) is 5.92 Å². The fourth-order valence-electron chi connectivity index (χ4n) is 1.37. The number of aliphatic carboxylic acids is 1. The van der Waals surface area contributed by atoms with Crippen molar-refractivity contribution in [2.75, 3.05) is 11.9 Å². The zero-order valence-electron chi connectivity index (χ0n) is 9.94. The van der Waals surface area contributed by atoms with Crippen molar-refractivity contribution in [1.29, 1.82) is 0 Å². The molecule has 0 aromatic heterocycles. The van der Waals surface area contributed by atoms with Gasteiger partial charge in [0.15, 0.2) is 0 Å². The first-order chi connectivity index (χ1) is 8.49. The summed E-state index contributed by atoms with van der Waals surface area (Å²) in [5.74, 6) is -0.953. The number of carbonyl (C=O) groups is 2. The van der Waals surface area contributed by atoms with Gasteiger partial charge in [0.2, 0.25) is 0 Å². The first-order valence-corrected chi connectivity index (χ1v) is 6.58. The average Bonchev–Trinajstić information content (AvgIpc) is 2.29. The van der Waals surface area contributed by atoms with E-state index in [0.717, 1.165) is 9.26 Å². The molecular formula is C12H15IN2O3. The molecule has 6 heteroatoms. The first-order valence-electron chi connectivity index (χ1n) is 5.50. The molecule has 0 bridgehead atoms. The molecule has 0 spiro atoms. The van der Waals surface area contributed by atoms with Crippen LogP contribution in [0.2, 0.25) is 0 Å². The predicted molar refractivity (Wildman–Crippen MR) is 77.6 cm³/mol. The second-order valence-corrected chi connectivity index (χ2v) is 5.18. The molecule has 0 fully saturated rings. The smallest absolute Gasteiger partial charge is 0.319 e. The normalized spacial score (nSPS) is 11.7. The van der Waals surface area contributed by atoms with Crippen molar-refractivity contribution in [3.05, 3.63) is 27.8 Å². The van der Waals surface area contributed by atoms with Gasteiger partial charge >= 0.3 is 12.0 Å². The van der Waals surface area contributed by atoms with Crippen LogP contribution in [0.4, 0.5) is 10.5 Å². The van der Waals surface area contributed by atoms with Gasteiger partial charge in [0.05, 0.1) is 5.69 Å². The molecular weight excluding hydrogens is 347 g/mol. The van der Waals surface area contributed by atoms with Gasteiger partial charge in [0.1, 0.15) is 0 Å². The maximum atomic E-state index is 11.6. The van der Waals surface area contributed by atoms with Gasteiger partial charge in [0, 0.05) is 16.5 Å². The fourth-order valence-corrected chi connectivity index (χ4v) is 1.89. The number of hydrogen-bond donors (Lipinski definition) is 3. The van der Waals surface area contributed by atoms with Gasteiger partial charge in [-0.05, 0) is 40.6 Å². The van der Waals surface area contributed by atoms with E-state index in [1.165, 1.54) is 0 Å². The zero-order chi connectivity index (χ0) is 13.5. The number of carboxylic acids is 1. The zero-order valence-corrected chi connectivity index (χ0v) is 12.1. The van der Waals surface area contributed by atoms with E-state index in [1.54, 1.807) is 6.92 Å². The second-order valence-electron chi connectivity index (χ2n) is 4.02. The highest BCUT2D eigenvalue weighted by atomic mass is 127. The van der Waals surface area contributed by atoms with Crippen molar-refractivity contribution < 1.29 is 14.7 Å². The molecule has 1 unspecified atom stereocenters. The fraction of sp³-hybridized carbons (Fsp3) is 0.333. The maximum absolute atomic E-state index is 11.6. The standard InChI is InChI=1S/C12H15IN2O3/c1-8(6-11(16)17)7-14-12(18)15-10-5-3-2-4-9(10)13/h2-5,8H,6-7H2,1H3,(H,16,17)(H2,14,15,18). The van der Waals surface area contributed by atoms with Gasteiger partial charge in [-0.25, -0.2) is 4.79 Å². The Balaban J connectivity index is 2.39. The number of carboxylic acid groups (broad SMARTS) is 1. The van der Waals surface area contributed by atoms with E-state index < -0.39 is 5.97 Å². The molecule has 1 aromatic rings. The van der Waals surface area contributed by atoms with Gasteiger partial charge in [-0.15, -0.1) is 0 Å². The predicted octanol–water partition coefficient (Wildman–Crippen LogP) is 2.52. The van der Waals surface area contributed by atoms with Gasteiger partial charge < -0.3 is 15.7 Å². The number of urea groups is 1. The van der Waals surface area contributed by atoms with Crippen molar-refractivity contribution in [2.45, 2.75) is 13.3 Å². The number of halogens is 1. The first kappa shape index (κ1) is 14.7. The summed E-state index contributed by atoms with van der Waals surface area (Å²) in [7, 11) is 0. The van der Waals surface area contributed by atoms with E-state index in [2.05, 4.69) is 33.2 Å². The van der Waals surface area contributed by atoms with Crippen LogP contribution in [0.25, 0.3) is 0 Å². The lowest BCUT2D eigenvalue weighted by Gasteiger charge is -2.12. The van der Waals surface area contributed by atoms with Gasteiger partial charge in [-0.2, -0.15) is 0 Å². The molecule has 0 saturated heterocycles. The number of nitrogens with one attached hydrogen (secondary N) is 2. The molecule has 0 saturated carbocycles. The van der Waals surface area contributed by atoms with E-state index in [1.807, 2.05) is 24.3 Å². The minimum absolute atomic E-state index is 0.0448. The quantitative estimate of drug-likeness (QED) is 0.705. The van der Waals surface area contributed by atoms with E-state index in [9.17, 15) is 9.59 Å². The molecule has 2 amide bonds. The second kappa shape index (κ2) is 7.20. The summed E-state index contributed by atoms with van der Waals surface area (Å²) in [5, 5.41) is 14.0. The van der Waals surface area contributed by atoms with Crippen LogP contribution in [0.1, 0.15) is 13.3 Å². The molecule has 1 aromatic carbocycles. The molecule has 5 nitrogen and oxygen atoms in total. The Morgan fingerprint density at radius 3 is 2.67 bits per heavy atom. The molecule has 3 N–H and O–H groups in total. The van der Waals surface area contributed by atoms with E-state index in [4.69, 9.17) is 5.11 Å². The lowest BCUT2D eigenvalue weighted by Crippen LogP contribution is -2.33. The number of amides is 2. The Bertz CT molecular complexity index is 437. The minimum atomic E-state index is -0.859. The molecule has 18 heavy (non-hydrogen) atoms. The van der Waals surface area contributed by atoms with Crippen LogP contribution < -0.4 is 10.6 Å². The summed E-state index contributed by atoms with van der Waals surface area (Å²) >= 11 is 2.13. The van der Waals surface area contributed by atoms with Crippen LogP contribution in [-0.4, -0.2) is 23.7 Å². The summed E-state index contributed by atoms with van der Waals surface area (Å²) in [6.07, 6.45) is 0.0448. The lowest BCUT2D eigenvalue weighted by atomic mass is 10.1. The third kappa shape index (κ3) is 5.35. The largest absolute Gasteiger partial charge is 0.481 e.